The topological polar surface area (TPSA) is 20.5 Å². The Morgan fingerprint density at radius 3 is 2.45 bits per heavy atom. The molecule has 0 aliphatic rings. The van der Waals surface area contributed by atoms with E-state index in [9.17, 15) is 0 Å². The summed E-state index contributed by atoms with van der Waals surface area (Å²) in [6.45, 7) is 8.67. The Hall–Kier alpha value is -1.08. The van der Waals surface area contributed by atoms with Crippen molar-refractivity contribution in [1.29, 1.82) is 0 Å². The molecule has 3 nitrogen and oxygen atoms in total. The van der Waals surface area contributed by atoms with Gasteiger partial charge in [-0.05, 0) is 6.92 Å². The molecule has 11 heavy (non-hydrogen) atoms. The van der Waals surface area contributed by atoms with Gasteiger partial charge in [-0.15, -0.1) is 11.3 Å². The highest BCUT2D eigenvalue weighted by molar-refractivity contribution is 7.19. The SMILES string of the molecule is [C-]#[N+]c1sc(N(C)C)nc1C. The zero-order chi connectivity index (χ0) is 8.43. The van der Waals surface area contributed by atoms with Gasteiger partial charge >= 0.3 is 0 Å². The van der Waals surface area contributed by atoms with Crippen LogP contribution in [0.5, 0.6) is 0 Å². The molecule has 1 aromatic heterocycles. The second-order valence-corrected chi connectivity index (χ2v) is 3.35. The smallest absolute Gasteiger partial charge is 0.265 e. The minimum Gasteiger partial charge on any atom is -0.355 e. The summed E-state index contributed by atoms with van der Waals surface area (Å²) >= 11 is 1.43. The maximum absolute atomic E-state index is 6.82. The number of hydrogen-bond donors (Lipinski definition) is 0. The van der Waals surface area contributed by atoms with Gasteiger partial charge in [0.05, 0.1) is 12.3 Å². The third-order valence-electron chi connectivity index (χ3n) is 1.24. The van der Waals surface area contributed by atoms with Gasteiger partial charge < -0.3 is 4.90 Å². The molecule has 0 aliphatic heterocycles. The van der Waals surface area contributed by atoms with Crippen LogP contribution < -0.4 is 4.90 Å². The molecule has 0 bridgehead atoms. The van der Waals surface area contributed by atoms with Gasteiger partial charge in [0, 0.05) is 14.1 Å². The van der Waals surface area contributed by atoms with Gasteiger partial charge in [0.25, 0.3) is 5.00 Å². The Labute approximate surface area is 70.1 Å². The van der Waals surface area contributed by atoms with Gasteiger partial charge in [-0.2, -0.15) is 0 Å². The Kier molecular flexibility index (Phi) is 2.11. The summed E-state index contributed by atoms with van der Waals surface area (Å²) in [5.41, 5.74) is 0.828. The summed E-state index contributed by atoms with van der Waals surface area (Å²) in [6.07, 6.45) is 0. The minimum atomic E-state index is 0.689. The monoisotopic (exact) mass is 167 g/mol. The van der Waals surface area contributed by atoms with Crippen LogP contribution in [0.1, 0.15) is 5.69 Å². The molecule has 0 amide bonds. The first-order valence-corrected chi connectivity index (χ1v) is 3.99. The van der Waals surface area contributed by atoms with Crippen molar-refractivity contribution in [2.45, 2.75) is 6.92 Å². The highest BCUT2D eigenvalue weighted by atomic mass is 32.1. The van der Waals surface area contributed by atoms with Crippen LogP contribution in [-0.4, -0.2) is 19.1 Å². The average Bonchev–Trinajstić information content (AvgIpc) is 2.31. The van der Waals surface area contributed by atoms with Crippen molar-refractivity contribution in [2.75, 3.05) is 19.0 Å². The van der Waals surface area contributed by atoms with Crippen molar-refractivity contribution >= 4 is 21.5 Å². The summed E-state index contributed by atoms with van der Waals surface area (Å²) in [5.74, 6) is 0. The molecule has 0 saturated heterocycles. The molecule has 1 aromatic rings. The van der Waals surface area contributed by atoms with Gasteiger partial charge in [0.15, 0.2) is 5.13 Å². The molecule has 0 aliphatic carbocycles. The highest BCUT2D eigenvalue weighted by Crippen LogP contribution is 2.31. The molecule has 0 saturated carbocycles. The van der Waals surface area contributed by atoms with Gasteiger partial charge in [0.2, 0.25) is 0 Å². The fourth-order valence-electron chi connectivity index (χ4n) is 0.669. The van der Waals surface area contributed by atoms with Gasteiger partial charge in [-0.25, -0.2) is 9.83 Å². The van der Waals surface area contributed by atoms with E-state index < -0.39 is 0 Å². The van der Waals surface area contributed by atoms with E-state index in [1.54, 1.807) is 0 Å². The van der Waals surface area contributed by atoms with E-state index in [-0.39, 0.29) is 0 Å². The summed E-state index contributed by atoms with van der Waals surface area (Å²) in [6, 6.07) is 0. The molecule has 1 heterocycles. The summed E-state index contributed by atoms with van der Waals surface area (Å²) in [4.78, 5) is 9.47. The Bertz CT molecular complexity index is 295. The first-order valence-electron chi connectivity index (χ1n) is 3.17. The molecule has 58 valence electrons. The van der Waals surface area contributed by atoms with E-state index in [1.165, 1.54) is 11.3 Å². The fourth-order valence-corrected chi connectivity index (χ4v) is 1.45. The predicted molar refractivity (Wildman–Crippen MR) is 47.4 cm³/mol. The van der Waals surface area contributed by atoms with Gasteiger partial charge in [-0.1, -0.05) is 0 Å². The third kappa shape index (κ3) is 1.49. The van der Waals surface area contributed by atoms with Crippen molar-refractivity contribution < 1.29 is 0 Å². The molecule has 0 atom stereocenters. The maximum atomic E-state index is 6.82. The fraction of sp³-hybridized carbons (Fsp3) is 0.429. The lowest BCUT2D eigenvalue weighted by molar-refractivity contribution is 1.09. The van der Waals surface area contributed by atoms with Crippen molar-refractivity contribution in [3.05, 3.63) is 17.1 Å². The van der Waals surface area contributed by atoms with Crippen molar-refractivity contribution in [3.8, 4) is 0 Å². The summed E-state index contributed by atoms with van der Waals surface area (Å²) in [7, 11) is 3.85. The van der Waals surface area contributed by atoms with Crippen molar-refractivity contribution in [2.24, 2.45) is 0 Å². The van der Waals surface area contributed by atoms with E-state index in [2.05, 4.69) is 9.83 Å². The Balaban J connectivity index is 3.07. The molecule has 0 N–H and O–H groups in total. The third-order valence-corrected chi connectivity index (χ3v) is 2.46. The van der Waals surface area contributed by atoms with Crippen LogP contribution in [0.2, 0.25) is 0 Å². The van der Waals surface area contributed by atoms with E-state index in [4.69, 9.17) is 6.57 Å². The number of aryl methyl sites for hydroxylation is 1. The number of anilines is 1. The normalized spacial score (nSPS) is 9.27. The largest absolute Gasteiger partial charge is 0.355 e. The predicted octanol–water partition coefficient (Wildman–Crippen LogP) is 2.07. The highest BCUT2D eigenvalue weighted by Gasteiger charge is 2.06. The molecule has 0 radical (unpaired) electrons. The molecule has 0 aromatic carbocycles. The van der Waals surface area contributed by atoms with Gasteiger partial charge in [-0.3, -0.25) is 0 Å². The van der Waals surface area contributed by atoms with E-state index >= 15 is 0 Å². The lowest BCUT2D eigenvalue weighted by Gasteiger charge is -2.05. The molecule has 4 heteroatoms. The van der Waals surface area contributed by atoms with Gasteiger partial charge in [0.1, 0.15) is 0 Å². The first-order chi connectivity index (χ1) is 5.15. The van der Waals surface area contributed by atoms with E-state index in [0.717, 1.165) is 10.8 Å². The molecular formula is C7H9N3S. The second-order valence-electron chi connectivity index (χ2n) is 2.39. The van der Waals surface area contributed by atoms with Crippen molar-refractivity contribution in [3.63, 3.8) is 0 Å². The lowest BCUT2D eigenvalue weighted by Crippen LogP contribution is -2.07. The minimum absolute atomic E-state index is 0.689. The first kappa shape index (κ1) is 8.02. The quantitative estimate of drug-likeness (QED) is 0.597. The Morgan fingerprint density at radius 1 is 1.55 bits per heavy atom. The molecule has 1 rings (SSSR count). The summed E-state index contributed by atoms with van der Waals surface area (Å²) in [5, 5.41) is 1.59. The number of nitrogens with zero attached hydrogens (tertiary/aromatic N) is 3. The lowest BCUT2D eigenvalue weighted by atomic mass is 10.5. The van der Waals surface area contributed by atoms with Crippen LogP contribution in [0.3, 0.4) is 0 Å². The molecule has 0 spiro atoms. The van der Waals surface area contributed by atoms with Crippen LogP contribution >= 0.6 is 11.3 Å². The van der Waals surface area contributed by atoms with Crippen molar-refractivity contribution in [1.82, 2.24) is 4.98 Å². The molecule has 0 unspecified atom stereocenters. The van der Waals surface area contributed by atoms with Crippen LogP contribution in [0, 0.1) is 13.5 Å². The van der Waals surface area contributed by atoms with E-state index in [0.29, 0.717) is 5.00 Å². The second kappa shape index (κ2) is 2.89. The van der Waals surface area contributed by atoms with Crippen LogP contribution in [0.4, 0.5) is 10.1 Å². The van der Waals surface area contributed by atoms with Crippen LogP contribution in [0.15, 0.2) is 0 Å². The molecular weight excluding hydrogens is 158 g/mol. The van der Waals surface area contributed by atoms with Crippen LogP contribution in [0.25, 0.3) is 4.85 Å². The summed E-state index contributed by atoms with van der Waals surface area (Å²) < 4.78 is 0. The van der Waals surface area contributed by atoms with Crippen LogP contribution in [-0.2, 0) is 0 Å². The zero-order valence-electron chi connectivity index (χ0n) is 6.75. The van der Waals surface area contributed by atoms with E-state index in [1.807, 2.05) is 25.9 Å². The standard InChI is InChI=1S/C7H9N3S/c1-5-6(8-2)11-7(9-5)10(3)4/h1,3-4H3. The maximum Gasteiger partial charge on any atom is 0.265 e. The number of hydrogen-bond acceptors (Lipinski definition) is 3. The number of aromatic nitrogens is 1. The Morgan fingerprint density at radius 2 is 2.18 bits per heavy atom. The average molecular weight is 167 g/mol. The zero-order valence-corrected chi connectivity index (χ0v) is 7.57. The number of rotatable bonds is 1. The molecule has 0 fully saturated rings. The number of thiazole rings is 1.